The molecule has 3 heterocycles. The van der Waals surface area contributed by atoms with Crippen molar-refractivity contribution in [1.29, 1.82) is 0 Å². The number of esters is 1. The lowest BCUT2D eigenvalue weighted by Gasteiger charge is -2.30. The van der Waals surface area contributed by atoms with Gasteiger partial charge in [-0.2, -0.15) is 20.1 Å². The van der Waals surface area contributed by atoms with Crippen LogP contribution in [0.4, 0.5) is 17.8 Å². The minimum Gasteiger partial charge on any atom is -0.493 e. The van der Waals surface area contributed by atoms with Crippen LogP contribution >= 0.6 is 23.2 Å². The molecular weight excluding hydrogens is 561 g/mol. The van der Waals surface area contributed by atoms with Crippen molar-refractivity contribution >= 4 is 53.2 Å². The zero-order chi connectivity index (χ0) is 27.9. The van der Waals surface area contributed by atoms with Crippen molar-refractivity contribution in [1.82, 2.24) is 15.0 Å². The van der Waals surface area contributed by atoms with Crippen LogP contribution in [0.5, 0.6) is 11.5 Å². The summed E-state index contributed by atoms with van der Waals surface area (Å²) >= 11 is 12.0. The fraction of sp³-hybridized carbons (Fsp3) is 0.346. The first-order valence-electron chi connectivity index (χ1n) is 12.6. The number of carbonyl (C=O) groups excluding carboxylic acids is 1. The molecule has 2 saturated heterocycles. The number of halogens is 2. The molecule has 2 fully saturated rings. The van der Waals surface area contributed by atoms with Crippen LogP contribution < -0.4 is 24.7 Å². The van der Waals surface area contributed by atoms with Crippen molar-refractivity contribution in [3.05, 3.63) is 57.6 Å². The standard InChI is InChI=1S/C26H27Cl2N7O5/c1-37-22-14-17(2-5-21(22)40-23(36)19-4-3-18(27)15-20(19)28)16-29-33-24-30-25(34-6-10-38-11-7-34)32-26(31-24)35-8-12-39-13-9-35/h2-5,14-16H,6-13H2,1H3,(H,30,31,32,33)/b29-16+. The van der Waals surface area contributed by atoms with Gasteiger partial charge in [0.2, 0.25) is 17.8 Å². The molecule has 3 aromatic rings. The maximum absolute atomic E-state index is 12.6. The normalized spacial score (nSPS) is 15.8. The number of morpholine rings is 2. The van der Waals surface area contributed by atoms with Crippen LogP contribution in [-0.4, -0.2) is 86.9 Å². The van der Waals surface area contributed by atoms with Crippen LogP contribution in [0.3, 0.4) is 0 Å². The molecule has 0 atom stereocenters. The Balaban J connectivity index is 1.30. The average molecular weight is 588 g/mol. The number of methoxy groups -OCH3 is 1. The number of hydrogen-bond acceptors (Lipinski definition) is 12. The molecular formula is C26H27Cl2N7O5. The van der Waals surface area contributed by atoms with Crippen molar-refractivity contribution in [3.63, 3.8) is 0 Å². The lowest BCUT2D eigenvalue weighted by atomic mass is 10.2. The summed E-state index contributed by atoms with van der Waals surface area (Å²) < 4.78 is 21.9. The first-order valence-corrected chi connectivity index (χ1v) is 13.3. The molecule has 0 aliphatic carbocycles. The molecule has 210 valence electrons. The highest BCUT2D eigenvalue weighted by molar-refractivity contribution is 6.36. The third-order valence-corrected chi connectivity index (χ3v) is 6.67. The molecule has 0 unspecified atom stereocenters. The second-order valence-electron chi connectivity index (χ2n) is 8.75. The Kier molecular flexibility index (Phi) is 9.12. The average Bonchev–Trinajstić information content (AvgIpc) is 2.98. The van der Waals surface area contributed by atoms with E-state index in [4.69, 9.17) is 42.1 Å². The number of benzene rings is 2. The summed E-state index contributed by atoms with van der Waals surface area (Å²) in [6, 6.07) is 9.56. The predicted octanol–water partition coefficient (Wildman–Crippen LogP) is 3.53. The lowest BCUT2D eigenvalue weighted by Crippen LogP contribution is -2.40. The highest BCUT2D eigenvalue weighted by Gasteiger charge is 2.21. The van der Waals surface area contributed by atoms with E-state index in [0.717, 1.165) is 0 Å². The molecule has 0 radical (unpaired) electrons. The quantitative estimate of drug-likeness (QED) is 0.180. The van der Waals surface area contributed by atoms with Crippen molar-refractivity contribution in [2.75, 3.05) is 74.9 Å². The van der Waals surface area contributed by atoms with Gasteiger partial charge in [-0.25, -0.2) is 10.2 Å². The van der Waals surface area contributed by atoms with Crippen LogP contribution in [-0.2, 0) is 9.47 Å². The van der Waals surface area contributed by atoms with E-state index in [-0.39, 0.29) is 16.3 Å². The van der Waals surface area contributed by atoms with Crippen molar-refractivity contribution in [3.8, 4) is 11.5 Å². The van der Waals surface area contributed by atoms with Gasteiger partial charge in [0, 0.05) is 31.2 Å². The minimum atomic E-state index is -0.634. The van der Waals surface area contributed by atoms with E-state index in [1.807, 2.05) is 0 Å². The maximum Gasteiger partial charge on any atom is 0.345 e. The number of hydrogen-bond donors (Lipinski definition) is 1. The summed E-state index contributed by atoms with van der Waals surface area (Å²) in [7, 11) is 1.48. The Morgan fingerprint density at radius 1 is 0.925 bits per heavy atom. The molecule has 2 aromatic carbocycles. The molecule has 0 spiro atoms. The first-order chi connectivity index (χ1) is 19.5. The van der Waals surface area contributed by atoms with E-state index < -0.39 is 5.97 Å². The van der Waals surface area contributed by atoms with Gasteiger partial charge < -0.3 is 28.7 Å². The van der Waals surface area contributed by atoms with Gasteiger partial charge in [-0.3, -0.25) is 0 Å². The Bertz CT molecular complexity index is 1350. The summed E-state index contributed by atoms with van der Waals surface area (Å²) in [5.41, 5.74) is 3.78. The molecule has 40 heavy (non-hydrogen) atoms. The van der Waals surface area contributed by atoms with Crippen LogP contribution in [0.1, 0.15) is 15.9 Å². The van der Waals surface area contributed by atoms with E-state index in [1.165, 1.54) is 19.2 Å². The minimum absolute atomic E-state index is 0.188. The predicted molar refractivity (Wildman–Crippen MR) is 152 cm³/mol. The molecule has 5 rings (SSSR count). The summed E-state index contributed by atoms with van der Waals surface area (Å²) in [5, 5.41) is 4.92. The Labute approximate surface area is 240 Å². The van der Waals surface area contributed by atoms with E-state index in [0.29, 0.717) is 86.8 Å². The van der Waals surface area contributed by atoms with Crippen LogP contribution in [0.25, 0.3) is 0 Å². The molecule has 14 heteroatoms. The molecule has 2 aliphatic rings. The summed E-state index contributed by atoms with van der Waals surface area (Å²) in [6.45, 7) is 5.20. The molecule has 0 amide bonds. The zero-order valence-electron chi connectivity index (χ0n) is 21.7. The number of ether oxygens (including phenoxy) is 4. The highest BCUT2D eigenvalue weighted by atomic mass is 35.5. The molecule has 2 aliphatic heterocycles. The smallest absolute Gasteiger partial charge is 0.345 e. The summed E-state index contributed by atoms with van der Waals surface area (Å²) in [6.07, 6.45) is 1.58. The third-order valence-electron chi connectivity index (χ3n) is 6.12. The molecule has 1 aromatic heterocycles. The van der Waals surface area contributed by atoms with E-state index in [9.17, 15) is 4.79 Å². The van der Waals surface area contributed by atoms with E-state index in [1.54, 1.807) is 30.5 Å². The molecule has 1 N–H and O–H groups in total. The molecule has 0 saturated carbocycles. The lowest BCUT2D eigenvalue weighted by molar-refractivity contribution is 0.0730. The number of hydrazone groups is 1. The number of rotatable bonds is 8. The van der Waals surface area contributed by atoms with Gasteiger partial charge in [-0.05, 0) is 42.0 Å². The van der Waals surface area contributed by atoms with Gasteiger partial charge in [0.25, 0.3) is 0 Å². The van der Waals surface area contributed by atoms with Crippen LogP contribution in [0.2, 0.25) is 10.0 Å². The SMILES string of the molecule is COc1cc(/C=N/Nc2nc(N3CCOCC3)nc(N3CCOCC3)n2)ccc1OC(=O)c1ccc(Cl)cc1Cl. The first kappa shape index (κ1) is 27.8. The third kappa shape index (κ3) is 6.89. The Morgan fingerprint density at radius 3 is 2.17 bits per heavy atom. The van der Waals surface area contributed by atoms with Gasteiger partial charge in [0.05, 0.1) is 50.3 Å². The number of nitrogens with zero attached hydrogens (tertiary/aromatic N) is 6. The Morgan fingerprint density at radius 2 is 1.57 bits per heavy atom. The van der Waals surface area contributed by atoms with Crippen molar-refractivity contribution in [2.24, 2.45) is 5.10 Å². The summed E-state index contributed by atoms with van der Waals surface area (Å²) in [4.78, 5) is 30.6. The van der Waals surface area contributed by atoms with Crippen molar-refractivity contribution < 1.29 is 23.7 Å². The second kappa shape index (κ2) is 13.1. The van der Waals surface area contributed by atoms with Crippen LogP contribution in [0, 0.1) is 0 Å². The highest BCUT2D eigenvalue weighted by Crippen LogP contribution is 2.30. The van der Waals surface area contributed by atoms with E-state index in [2.05, 4.69) is 35.3 Å². The molecule has 0 bridgehead atoms. The number of nitrogens with one attached hydrogen (secondary N) is 1. The molecule has 12 nitrogen and oxygen atoms in total. The second-order valence-corrected chi connectivity index (χ2v) is 9.60. The summed E-state index contributed by atoms with van der Waals surface area (Å²) in [5.74, 6) is 1.37. The van der Waals surface area contributed by atoms with Crippen molar-refractivity contribution in [2.45, 2.75) is 0 Å². The fourth-order valence-corrected chi connectivity index (χ4v) is 4.52. The van der Waals surface area contributed by atoms with Gasteiger partial charge in [-0.15, -0.1) is 0 Å². The van der Waals surface area contributed by atoms with Gasteiger partial charge in [0.1, 0.15) is 0 Å². The van der Waals surface area contributed by atoms with Gasteiger partial charge in [0.15, 0.2) is 11.5 Å². The number of anilines is 3. The van der Waals surface area contributed by atoms with E-state index >= 15 is 0 Å². The zero-order valence-corrected chi connectivity index (χ0v) is 23.2. The monoisotopic (exact) mass is 587 g/mol. The Hall–Kier alpha value is -3.71. The number of aromatic nitrogens is 3. The largest absolute Gasteiger partial charge is 0.493 e. The maximum atomic E-state index is 12.6. The number of carbonyl (C=O) groups is 1. The topological polar surface area (TPSA) is 124 Å². The fourth-order valence-electron chi connectivity index (χ4n) is 4.04. The van der Waals surface area contributed by atoms with Gasteiger partial charge >= 0.3 is 5.97 Å². The van der Waals surface area contributed by atoms with Gasteiger partial charge in [-0.1, -0.05) is 23.2 Å². The van der Waals surface area contributed by atoms with Crippen LogP contribution in [0.15, 0.2) is 41.5 Å².